The van der Waals surface area contributed by atoms with E-state index in [1.165, 1.54) is 6.92 Å². The minimum atomic E-state index is -4.63. The van der Waals surface area contributed by atoms with Crippen LogP contribution in [0.25, 0.3) is 16.6 Å². The number of hydrogen-bond acceptors (Lipinski definition) is 3. The molecule has 9 heteroatoms. The third-order valence-corrected chi connectivity index (χ3v) is 5.56. The molecule has 142 valence electrons. The predicted octanol–water partition coefficient (Wildman–Crippen LogP) is 3.81. The van der Waals surface area contributed by atoms with Crippen molar-refractivity contribution < 1.29 is 21.8 Å². The van der Waals surface area contributed by atoms with E-state index in [9.17, 15) is 26.6 Å². The molecule has 0 aliphatic carbocycles. The number of alkyl halides is 3. The zero-order valence-corrected chi connectivity index (χ0v) is 15.1. The average molecular weight is 398 g/mol. The Labute approximate surface area is 153 Å². The Morgan fingerprint density at radius 3 is 2.52 bits per heavy atom. The van der Waals surface area contributed by atoms with Crippen molar-refractivity contribution in [2.24, 2.45) is 0 Å². The molecular weight excluding hydrogens is 384 g/mol. The van der Waals surface area contributed by atoms with E-state index in [0.29, 0.717) is 11.1 Å². The van der Waals surface area contributed by atoms with Gasteiger partial charge in [0.25, 0.3) is 5.56 Å². The number of nitrogens with zero attached hydrogens (tertiary/aromatic N) is 2. The highest BCUT2D eigenvalue weighted by molar-refractivity contribution is 7.85. The molecule has 1 unspecified atom stereocenters. The first kappa shape index (κ1) is 19.2. The molecule has 3 aromatic rings. The van der Waals surface area contributed by atoms with Crippen molar-refractivity contribution in [2.45, 2.75) is 24.9 Å². The molecular formula is C18H14F4N2O2S. The summed E-state index contributed by atoms with van der Waals surface area (Å²) in [4.78, 5) is 16.7. The van der Waals surface area contributed by atoms with Gasteiger partial charge in [0.15, 0.2) is 0 Å². The largest absolute Gasteiger partial charge is 0.400 e. The highest BCUT2D eigenvalue weighted by atomic mass is 32.2. The summed E-state index contributed by atoms with van der Waals surface area (Å²) in [7, 11) is -2.42. The van der Waals surface area contributed by atoms with Gasteiger partial charge in [-0.3, -0.25) is 13.6 Å². The number of halogens is 4. The topological polar surface area (TPSA) is 52.0 Å². The Kier molecular flexibility index (Phi) is 4.90. The fraction of sp³-hybridized carbons (Fsp3) is 0.222. The van der Waals surface area contributed by atoms with Gasteiger partial charge < -0.3 is 0 Å². The minimum absolute atomic E-state index is 0.108. The van der Waals surface area contributed by atoms with Crippen molar-refractivity contribution in [3.63, 3.8) is 0 Å². The van der Waals surface area contributed by atoms with Gasteiger partial charge in [-0.15, -0.1) is 0 Å². The Morgan fingerprint density at radius 2 is 1.85 bits per heavy atom. The van der Waals surface area contributed by atoms with Gasteiger partial charge in [-0.2, -0.15) is 13.2 Å². The smallest absolute Gasteiger partial charge is 0.268 e. The van der Waals surface area contributed by atoms with Crippen LogP contribution in [0.5, 0.6) is 0 Å². The van der Waals surface area contributed by atoms with E-state index in [4.69, 9.17) is 0 Å². The van der Waals surface area contributed by atoms with Crippen molar-refractivity contribution in [3.8, 4) is 5.69 Å². The van der Waals surface area contributed by atoms with Gasteiger partial charge in [0.05, 0.1) is 27.4 Å². The lowest BCUT2D eigenvalue weighted by atomic mass is 10.1. The lowest BCUT2D eigenvalue weighted by Gasteiger charge is -2.13. The average Bonchev–Trinajstić information content (AvgIpc) is 2.54. The SMILES string of the molecule is Cc1cc(F)c(-n2cnc3cccc(C)c3c2=O)cc1S(=O)CC(F)(F)F. The monoisotopic (exact) mass is 398 g/mol. The maximum absolute atomic E-state index is 14.5. The summed E-state index contributed by atoms with van der Waals surface area (Å²) >= 11 is 0. The van der Waals surface area contributed by atoms with E-state index in [1.54, 1.807) is 25.1 Å². The second kappa shape index (κ2) is 6.88. The summed E-state index contributed by atoms with van der Waals surface area (Å²) in [5.41, 5.74) is 0.302. The molecule has 3 rings (SSSR count). The van der Waals surface area contributed by atoms with Crippen LogP contribution in [0.15, 0.2) is 46.3 Å². The molecule has 0 N–H and O–H groups in total. The molecule has 0 radical (unpaired) electrons. The molecule has 0 bridgehead atoms. The van der Waals surface area contributed by atoms with Crippen LogP contribution >= 0.6 is 0 Å². The quantitative estimate of drug-likeness (QED) is 0.631. The molecule has 1 atom stereocenters. The number of hydrogen-bond donors (Lipinski definition) is 0. The lowest BCUT2D eigenvalue weighted by Crippen LogP contribution is -2.22. The van der Waals surface area contributed by atoms with Crippen LogP contribution in [0.4, 0.5) is 17.6 Å². The standard InChI is InChI=1S/C18H14F4N2O2S/c1-10-4-3-5-13-16(10)17(25)24(9-23-13)14-7-15(11(2)6-12(14)19)27(26)8-18(20,21)22/h3-7,9H,8H2,1-2H3. The lowest BCUT2D eigenvalue weighted by molar-refractivity contribution is -0.105. The van der Waals surface area contributed by atoms with Crippen molar-refractivity contribution in [3.05, 3.63) is 64.0 Å². The highest BCUT2D eigenvalue weighted by Crippen LogP contribution is 2.25. The second-order valence-electron chi connectivity index (χ2n) is 6.06. The summed E-state index contributed by atoms with van der Waals surface area (Å²) in [6, 6.07) is 7.03. The van der Waals surface area contributed by atoms with E-state index in [1.807, 2.05) is 0 Å². The van der Waals surface area contributed by atoms with Crippen molar-refractivity contribution >= 4 is 21.7 Å². The molecule has 0 fully saturated rings. The molecule has 0 amide bonds. The molecule has 27 heavy (non-hydrogen) atoms. The van der Waals surface area contributed by atoms with Gasteiger partial charge in [0.2, 0.25) is 0 Å². The minimum Gasteiger partial charge on any atom is -0.268 e. The van der Waals surface area contributed by atoms with Crippen molar-refractivity contribution in [2.75, 3.05) is 5.75 Å². The fourth-order valence-corrected chi connectivity index (χ4v) is 3.91. The van der Waals surface area contributed by atoms with Gasteiger partial charge in [-0.1, -0.05) is 12.1 Å². The zero-order chi connectivity index (χ0) is 19.9. The summed E-state index contributed by atoms with van der Waals surface area (Å²) in [6.45, 7) is 3.06. The van der Waals surface area contributed by atoms with E-state index in [0.717, 1.165) is 23.0 Å². The maximum atomic E-state index is 14.5. The molecule has 0 aliphatic heterocycles. The Balaban J connectivity index is 2.21. The van der Waals surface area contributed by atoms with Gasteiger partial charge in [0, 0.05) is 4.90 Å². The van der Waals surface area contributed by atoms with Crippen LogP contribution < -0.4 is 5.56 Å². The van der Waals surface area contributed by atoms with Crippen LogP contribution in [-0.4, -0.2) is 25.7 Å². The summed E-state index contributed by atoms with van der Waals surface area (Å²) in [5, 5.41) is 0.276. The zero-order valence-electron chi connectivity index (χ0n) is 14.3. The first-order valence-electron chi connectivity index (χ1n) is 7.81. The normalized spacial score (nSPS) is 13.1. The van der Waals surface area contributed by atoms with Gasteiger partial charge >= 0.3 is 6.18 Å². The first-order valence-corrected chi connectivity index (χ1v) is 9.13. The fourth-order valence-electron chi connectivity index (χ4n) is 2.80. The first-order chi connectivity index (χ1) is 12.6. The number of aryl methyl sites for hydroxylation is 2. The predicted molar refractivity (Wildman–Crippen MR) is 94.1 cm³/mol. The third kappa shape index (κ3) is 3.78. The van der Waals surface area contributed by atoms with Crippen LogP contribution in [-0.2, 0) is 10.8 Å². The van der Waals surface area contributed by atoms with Gasteiger partial charge in [-0.05, 0) is 43.2 Å². The Bertz CT molecular complexity index is 1120. The molecule has 0 aliphatic rings. The molecule has 0 spiro atoms. The van der Waals surface area contributed by atoms with Crippen LogP contribution in [0, 0.1) is 19.7 Å². The van der Waals surface area contributed by atoms with Gasteiger partial charge in [-0.25, -0.2) is 9.37 Å². The molecule has 2 aromatic carbocycles. The van der Waals surface area contributed by atoms with Crippen molar-refractivity contribution in [1.29, 1.82) is 0 Å². The Hall–Kier alpha value is -2.55. The molecule has 0 saturated heterocycles. The summed E-state index contributed by atoms with van der Waals surface area (Å²) < 4.78 is 65.2. The van der Waals surface area contributed by atoms with E-state index in [2.05, 4.69) is 4.98 Å². The summed E-state index contributed by atoms with van der Waals surface area (Å²) in [5.74, 6) is -2.37. The number of fused-ring (bicyclic) bond motifs is 1. The Morgan fingerprint density at radius 1 is 1.15 bits per heavy atom. The van der Waals surface area contributed by atoms with Crippen LogP contribution in [0.1, 0.15) is 11.1 Å². The highest BCUT2D eigenvalue weighted by Gasteiger charge is 2.32. The number of benzene rings is 2. The van der Waals surface area contributed by atoms with Crippen LogP contribution in [0.2, 0.25) is 0 Å². The van der Waals surface area contributed by atoms with E-state index < -0.39 is 34.1 Å². The van der Waals surface area contributed by atoms with E-state index >= 15 is 0 Å². The molecule has 1 aromatic heterocycles. The van der Waals surface area contributed by atoms with Crippen LogP contribution in [0.3, 0.4) is 0 Å². The molecule has 0 saturated carbocycles. The second-order valence-corrected chi connectivity index (χ2v) is 7.48. The summed E-state index contributed by atoms with van der Waals surface area (Å²) in [6.07, 6.45) is -3.53. The third-order valence-electron chi connectivity index (χ3n) is 4.04. The number of aromatic nitrogens is 2. The maximum Gasteiger partial charge on any atom is 0.400 e. The molecule has 1 heterocycles. The van der Waals surface area contributed by atoms with Gasteiger partial charge in [0.1, 0.15) is 17.9 Å². The van der Waals surface area contributed by atoms with E-state index in [-0.39, 0.29) is 21.5 Å². The molecule has 4 nitrogen and oxygen atoms in total. The number of rotatable bonds is 3. The van der Waals surface area contributed by atoms with Crippen molar-refractivity contribution in [1.82, 2.24) is 9.55 Å².